The maximum absolute atomic E-state index is 13.7. The van der Waals surface area contributed by atoms with Crippen LogP contribution in [0.4, 0.5) is 5.82 Å². The summed E-state index contributed by atoms with van der Waals surface area (Å²) in [6.45, 7) is 0.413. The Bertz CT molecular complexity index is 1840. The van der Waals surface area contributed by atoms with Crippen molar-refractivity contribution in [1.29, 1.82) is 0 Å². The van der Waals surface area contributed by atoms with Crippen LogP contribution in [0.3, 0.4) is 0 Å². The fraction of sp³-hybridized carbons (Fsp3) is 0.0625. The number of hydrogen-bond donors (Lipinski definition) is 4. The number of rotatable bonds is 7. The maximum atomic E-state index is 13.7. The molecule has 7 heteroatoms. The lowest BCUT2D eigenvalue weighted by Crippen LogP contribution is -2.26. The van der Waals surface area contributed by atoms with E-state index in [2.05, 4.69) is 37.3 Å². The number of carbonyl (C=O) groups is 2. The van der Waals surface area contributed by atoms with Crippen LogP contribution in [0.15, 0.2) is 102 Å². The quantitative estimate of drug-likeness (QED) is 0.156. The molecule has 0 aliphatic rings. The minimum Gasteiger partial charge on any atom is -0.385 e. The van der Waals surface area contributed by atoms with Crippen LogP contribution >= 0.6 is 15.9 Å². The molecule has 0 radical (unpaired) electrons. The van der Waals surface area contributed by atoms with Crippen molar-refractivity contribution in [2.45, 2.75) is 6.42 Å². The summed E-state index contributed by atoms with van der Waals surface area (Å²) in [6.07, 6.45) is 2.62. The van der Waals surface area contributed by atoms with E-state index in [1.165, 1.54) is 0 Å². The predicted molar refractivity (Wildman–Crippen MR) is 160 cm³/mol. The van der Waals surface area contributed by atoms with Gasteiger partial charge in [0.1, 0.15) is 5.82 Å². The first-order chi connectivity index (χ1) is 19.0. The topological polar surface area (TPSA) is 104 Å². The first-order valence-electron chi connectivity index (χ1n) is 12.6. The Balaban J connectivity index is 1.40. The standard InChI is InChI=1S/C32H25BrN4O2/c33-22-14-12-20(13-15-22)30(38)29-27(25-10-5-7-19-6-1-2-8-23(19)25)28(31(34)37-29)32(39)35-17-16-21-18-36-26-11-4-3-9-24(21)26/h1-15,18,36-37H,16-17,34H2,(H,35,39). The van der Waals surface area contributed by atoms with Crippen LogP contribution < -0.4 is 11.1 Å². The highest BCUT2D eigenvalue weighted by Crippen LogP contribution is 2.37. The lowest BCUT2D eigenvalue weighted by atomic mass is 9.92. The third kappa shape index (κ3) is 4.62. The van der Waals surface area contributed by atoms with Gasteiger partial charge in [-0.1, -0.05) is 76.6 Å². The summed E-state index contributed by atoms with van der Waals surface area (Å²) in [5.41, 5.74) is 10.9. The molecule has 192 valence electrons. The van der Waals surface area contributed by atoms with E-state index in [4.69, 9.17) is 5.73 Å². The van der Waals surface area contributed by atoms with Crippen molar-refractivity contribution in [3.63, 3.8) is 0 Å². The van der Waals surface area contributed by atoms with E-state index in [1.807, 2.05) is 79.0 Å². The van der Waals surface area contributed by atoms with Crippen LogP contribution in [0.25, 0.3) is 32.8 Å². The van der Waals surface area contributed by atoms with Gasteiger partial charge in [0.25, 0.3) is 5.91 Å². The molecule has 6 rings (SSSR count). The lowest BCUT2D eigenvalue weighted by Gasteiger charge is -2.12. The molecule has 0 aliphatic carbocycles. The first-order valence-corrected chi connectivity index (χ1v) is 13.4. The van der Waals surface area contributed by atoms with Gasteiger partial charge >= 0.3 is 0 Å². The number of para-hydroxylation sites is 1. The van der Waals surface area contributed by atoms with E-state index in [1.54, 1.807) is 12.1 Å². The Morgan fingerprint density at radius 1 is 0.846 bits per heavy atom. The van der Waals surface area contributed by atoms with E-state index in [9.17, 15) is 9.59 Å². The number of nitrogens with two attached hydrogens (primary N) is 1. The Morgan fingerprint density at radius 3 is 2.38 bits per heavy atom. The Kier molecular flexibility index (Phi) is 6.50. The molecule has 0 aliphatic heterocycles. The summed E-state index contributed by atoms with van der Waals surface area (Å²) in [5, 5.41) is 6.09. The number of carbonyl (C=O) groups excluding carboxylic acids is 2. The van der Waals surface area contributed by atoms with Gasteiger partial charge in [-0.15, -0.1) is 0 Å². The van der Waals surface area contributed by atoms with E-state index in [-0.39, 0.29) is 28.8 Å². The van der Waals surface area contributed by atoms with Crippen molar-refractivity contribution in [2.75, 3.05) is 12.3 Å². The van der Waals surface area contributed by atoms with Crippen LogP contribution in [0.2, 0.25) is 0 Å². The summed E-state index contributed by atoms with van der Waals surface area (Å²) < 4.78 is 0.870. The minimum atomic E-state index is -0.332. The monoisotopic (exact) mass is 576 g/mol. The minimum absolute atomic E-state index is 0.156. The second kappa shape index (κ2) is 10.3. The van der Waals surface area contributed by atoms with Gasteiger partial charge in [0, 0.05) is 39.2 Å². The molecule has 1 amide bonds. The van der Waals surface area contributed by atoms with E-state index in [0.717, 1.165) is 37.3 Å². The molecule has 0 spiro atoms. The average molecular weight is 577 g/mol. The molecule has 0 saturated heterocycles. The summed E-state index contributed by atoms with van der Waals surface area (Å²) in [7, 11) is 0. The van der Waals surface area contributed by atoms with Gasteiger partial charge in [-0.05, 0) is 58.7 Å². The molecule has 0 fully saturated rings. The molecule has 6 nitrogen and oxygen atoms in total. The number of nitrogen functional groups attached to an aromatic ring is 1. The third-order valence-corrected chi connectivity index (χ3v) is 7.53. The van der Waals surface area contributed by atoms with Crippen LogP contribution in [0, 0.1) is 0 Å². The first kappa shape index (κ1) is 24.7. The molecule has 0 atom stereocenters. The highest BCUT2D eigenvalue weighted by molar-refractivity contribution is 9.10. The number of amides is 1. The second-order valence-electron chi connectivity index (χ2n) is 9.39. The summed E-state index contributed by atoms with van der Waals surface area (Å²) in [6, 6.07) is 28.9. The van der Waals surface area contributed by atoms with Gasteiger partial charge in [-0.25, -0.2) is 0 Å². The number of hydrogen-bond acceptors (Lipinski definition) is 3. The molecule has 4 aromatic carbocycles. The van der Waals surface area contributed by atoms with Gasteiger partial charge in [-0.3, -0.25) is 9.59 Å². The SMILES string of the molecule is Nc1[nH]c(C(=O)c2ccc(Br)cc2)c(-c2cccc3ccccc23)c1C(=O)NCCc1c[nH]c2ccccc12. The number of benzene rings is 4. The van der Waals surface area contributed by atoms with Crippen LogP contribution in [0.5, 0.6) is 0 Å². The number of ketones is 1. The molecule has 5 N–H and O–H groups in total. The van der Waals surface area contributed by atoms with E-state index >= 15 is 0 Å². The van der Waals surface area contributed by atoms with Gasteiger partial charge in [-0.2, -0.15) is 0 Å². The molecule has 39 heavy (non-hydrogen) atoms. The molecule has 0 unspecified atom stereocenters. The zero-order chi connectivity index (χ0) is 26.9. The Labute approximate surface area is 233 Å². The summed E-state index contributed by atoms with van der Waals surface area (Å²) in [4.78, 5) is 33.7. The molecule has 6 aromatic rings. The molecule has 0 bridgehead atoms. The second-order valence-corrected chi connectivity index (χ2v) is 10.3. The number of aromatic amines is 2. The maximum Gasteiger partial charge on any atom is 0.255 e. The highest BCUT2D eigenvalue weighted by atomic mass is 79.9. The van der Waals surface area contributed by atoms with Crippen molar-refractivity contribution in [3.8, 4) is 11.1 Å². The Morgan fingerprint density at radius 2 is 1.56 bits per heavy atom. The number of anilines is 1. The van der Waals surface area contributed by atoms with Crippen LogP contribution in [0.1, 0.15) is 32.0 Å². The van der Waals surface area contributed by atoms with Gasteiger partial charge < -0.3 is 21.0 Å². The number of nitrogens with one attached hydrogen (secondary N) is 3. The van der Waals surface area contributed by atoms with Gasteiger partial charge in [0.05, 0.1) is 11.3 Å². The van der Waals surface area contributed by atoms with Crippen molar-refractivity contribution in [2.24, 2.45) is 0 Å². The van der Waals surface area contributed by atoms with Crippen LogP contribution in [-0.4, -0.2) is 28.2 Å². The molecular weight excluding hydrogens is 552 g/mol. The largest absolute Gasteiger partial charge is 0.385 e. The normalized spacial score (nSPS) is 11.2. The third-order valence-electron chi connectivity index (χ3n) is 7.00. The molecule has 2 heterocycles. The fourth-order valence-corrected chi connectivity index (χ4v) is 5.39. The number of H-pyrrole nitrogens is 2. The summed E-state index contributed by atoms with van der Waals surface area (Å²) in [5.74, 6) is -0.417. The molecular formula is C32H25BrN4O2. The smallest absolute Gasteiger partial charge is 0.255 e. The molecule has 0 saturated carbocycles. The number of fused-ring (bicyclic) bond motifs is 2. The molecule has 2 aromatic heterocycles. The predicted octanol–water partition coefficient (Wildman–Crippen LogP) is 6.86. The summed E-state index contributed by atoms with van der Waals surface area (Å²) >= 11 is 3.42. The number of aromatic nitrogens is 2. The van der Waals surface area contributed by atoms with Crippen molar-refractivity contribution in [1.82, 2.24) is 15.3 Å². The van der Waals surface area contributed by atoms with E-state index in [0.29, 0.717) is 24.1 Å². The highest BCUT2D eigenvalue weighted by Gasteiger charge is 2.28. The fourth-order valence-electron chi connectivity index (χ4n) is 5.12. The Hall–Kier alpha value is -4.62. The van der Waals surface area contributed by atoms with Gasteiger partial charge in [0.15, 0.2) is 0 Å². The van der Waals surface area contributed by atoms with Crippen LogP contribution in [-0.2, 0) is 6.42 Å². The number of halogens is 1. The lowest BCUT2D eigenvalue weighted by molar-refractivity contribution is 0.0955. The zero-order valence-electron chi connectivity index (χ0n) is 20.9. The average Bonchev–Trinajstić information content (AvgIpc) is 3.53. The van der Waals surface area contributed by atoms with Crippen molar-refractivity contribution < 1.29 is 9.59 Å². The van der Waals surface area contributed by atoms with E-state index < -0.39 is 0 Å². The van der Waals surface area contributed by atoms with Crippen molar-refractivity contribution >= 4 is 55.1 Å². The zero-order valence-corrected chi connectivity index (χ0v) is 22.5. The van der Waals surface area contributed by atoms with Crippen molar-refractivity contribution in [3.05, 3.63) is 124 Å². The van der Waals surface area contributed by atoms with Gasteiger partial charge in [0.2, 0.25) is 5.78 Å².